The molecule has 0 unspecified atom stereocenters. The van der Waals surface area contributed by atoms with Gasteiger partial charge in [-0.2, -0.15) is 74.6 Å². The molecular formula is C14H8F17N. The standard InChI is InChI=1S/C14H8F17N/c1-4-3-6(5(2)32-4)7(15,16)8(17,18)9(19,20)10(21,22)11(23,24)12(25,26)13(27,28)14(29,30)31/h3,32H,1-2H3. The van der Waals surface area contributed by atoms with E-state index in [4.69, 9.17) is 0 Å². The molecule has 32 heavy (non-hydrogen) atoms. The van der Waals surface area contributed by atoms with E-state index in [-0.39, 0.29) is 6.07 Å². The van der Waals surface area contributed by atoms with E-state index in [1.807, 2.05) is 4.98 Å². The first kappa shape index (κ1) is 28.1. The van der Waals surface area contributed by atoms with Crippen molar-refractivity contribution in [1.82, 2.24) is 4.98 Å². The molecule has 0 aromatic carbocycles. The van der Waals surface area contributed by atoms with Crippen molar-refractivity contribution in [2.75, 3.05) is 0 Å². The summed E-state index contributed by atoms with van der Waals surface area (Å²) in [4.78, 5) is 1.83. The highest BCUT2D eigenvalue weighted by Crippen LogP contribution is 2.65. The van der Waals surface area contributed by atoms with Crippen LogP contribution in [0.4, 0.5) is 74.6 Å². The van der Waals surface area contributed by atoms with E-state index in [0.29, 0.717) is 6.92 Å². The molecule has 0 amide bonds. The maximum atomic E-state index is 14.0. The summed E-state index contributed by atoms with van der Waals surface area (Å²) in [5.41, 5.74) is -3.79. The normalized spacial score (nSPS) is 16.0. The molecule has 0 saturated heterocycles. The van der Waals surface area contributed by atoms with Crippen molar-refractivity contribution in [2.24, 2.45) is 0 Å². The minimum absolute atomic E-state index is 0.0397. The van der Waals surface area contributed by atoms with Crippen LogP contribution in [0, 0.1) is 13.8 Å². The van der Waals surface area contributed by atoms with Crippen molar-refractivity contribution in [3.63, 3.8) is 0 Å². The van der Waals surface area contributed by atoms with Crippen LogP contribution in [0.15, 0.2) is 6.07 Å². The molecule has 1 aromatic rings. The summed E-state index contributed by atoms with van der Waals surface area (Å²) in [7, 11) is 0. The summed E-state index contributed by atoms with van der Waals surface area (Å²) in [6, 6.07) is -0.0397. The van der Waals surface area contributed by atoms with Crippen LogP contribution in [-0.2, 0) is 5.92 Å². The Morgan fingerprint density at radius 1 is 0.500 bits per heavy atom. The van der Waals surface area contributed by atoms with Gasteiger partial charge < -0.3 is 4.98 Å². The largest absolute Gasteiger partial charge is 0.460 e. The highest BCUT2D eigenvalue weighted by atomic mass is 19.4. The molecule has 0 aliphatic carbocycles. The lowest BCUT2D eigenvalue weighted by molar-refractivity contribution is -0.462. The van der Waals surface area contributed by atoms with Gasteiger partial charge in [-0.05, 0) is 19.9 Å². The second-order valence-electron chi connectivity index (χ2n) is 6.51. The van der Waals surface area contributed by atoms with Crippen LogP contribution < -0.4 is 0 Å². The first-order valence-electron chi connectivity index (χ1n) is 7.54. The van der Waals surface area contributed by atoms with E-state index in [1.54, 1.807) is 0 Å². The molecule has 1 heterocycles. The predicted molar refractivity (Wildman–Crippen MR) is 69.9 cm³/mol. The number of nitrogens with one attached hydrogen (secondary N) is 1. The van der Waals surface area contributed by atoms with Crippen molar-refractivity contribution < 1.29 is 74.6 Å². The molecule has 18 heteroatoms. The first-order chi connectivity index (χ1) is 13.7. The van der Waals surface area contributed by atoms with Crippen LogP contribution in [0.25, 0.3) is 0 Å². The molecule has 0 aliphatic rings. The Kier molecular flexibility index (Phi) is 6.19. The average molecular weight is 513 g/mol. The number of hydrogen-bond acceptors (Lipinski definition) is 0. The summed E-state index contributed by atoms with van der Waals surface area (Å²) >= 11 is 0. The van der Waals surface area contributed by atoms with Gasteiger partial charge in [0.2, 0.25) is 0 Å². The van der Waals surface area contributed by atoms with Gasteiger partial charge in [0.05, 0.1) is 0 Å². The lowest BCUT2D eigenvalue weighted by Crippen LogP contribution is -2.74. The van der Waals surface area contributed by atoms with E-state index >= 15 is 0 Å². The van der Waals surface area contributed by atoms with Gasteiger partial charge in [-0.15, -0.1) is 0 Å². The van der Waals surface area contributed by atoms with Crippen LogP contribution >= 0.6 is 0 Å². The zero-order valence-electron chi connectivity index (χ0n) is 15.0. The smallest absolute Gasteiger partial charge is 0.362 e. The second kappa shape index (κ2) is 7.04. The summed E-state index contributed by atoms with van der Waals surface area (Å²) in [5.74, 6) is -56.4. The molecule has 1 N–H and O–H groups in total. The molecule has 188 valence electrons. The third-order valence-corrected chi connectivity index (χ3v) is 4.21. The van der Waals surface area contributed by atoms with Crippen molar-refractivity contribution in [2.45, 2.75) is 61.5 Å². The summed E-state index contributed by atoms with van der Waals surface area (Å²) in [6.45, 7) is 1.35. The molecule has 0 atom stereocenters. The van der Waals surface area contributed by atoms with Crippen LogP contribution in [0.2, 0.25) is 0 Å². The van der Waals surface area contributed by atoms with Crippen molar-refractivity contribution in [3.05, 3.63) is 23.0 Å². The Morgan fingerprint density at radius 2 is 0.812 bits per heavy atom. The lowest BCUT2D eigenvalue weighted by Gasteiger charge is -2.42. The average Bonchev–Trinajstić information content (AvgIpc) is 2.91. The Balaban J connectivity index is 3.74. The molecule has 0 fully saturated rings. The minimum atomic E-state index is -8.62. The predicted octanol–water partition coefficient (Wildman–Crippen LogP) is 7.10. The van der Waals surface area contributed by atoms with E-state index in [2.05, 4.69) is 0 Å². The molecule has 0 radical (unpaired) electrons. The van der Waals surface area contributed by atoms with Crippen molar-refractivity contribution >= 4 is 0 Å². The van der Waals surface area contributed by atoms with Gasteiger partial charge in [0, 0.05) is 17.0 Å². The molecule has 0 spiro atoms. The van der Waals surface area contributed by atoms with Crippen LogP contribution in [-0.4, -0.2) is 46.7 Å². The Bertz CT molecular complexity index is 844. The van der Waals surface area contributed by atoms with Gasteiger partial charge in [0.15, 0.2) is 0 Å². The SMILES string of the molecule is Cc1cc(C(F)(F)C(F)(F)C(F)(F)C(F)(F)C(F)(F)C(F)(F)C(F)(F)C(F)(F)F)c(C)[nH]1. The zero-order valence-corrected chi connectivity index (χ0v) is 15.0. The first-order valence-corrected chi connectivity index (χ1v) is 7.54. The minimum Gasteiger partial charge on any atom is -0.362 e. The Hall–Kier alpha value is -1.91. The Morgan fingerprint density at radius 3 is 1.09 bits per heavy atom. The lowest BCUT2D eigenvalue weighted by atomic mass is 9.87. The fraction of sp³-hybridized carbons (Fsp3) is 0.714. The fourth-order valence-corrected chi connectivity index (χ4v) is 2.38. The number of H-pyrrole nitrogens is 1. The van der Waals surface area contributed by atoms with Crippen LogP contribution in [0.1, 0.15) is 17.0 Å². The quantitative estimate of drug-likeness (QED) is 0.375. The number of aromatic nitrogens is 1. The number of aromatic amines is 1. The van der Waals surface area contributed by atoms with Crippen molar-refractivity contribution in [3.8, 4) is 0 Å². The Labute approximate surface area is 165 Å². The molecule has 1 rings (SSSR count). The second-order valence-corrected chi connectivity index (χ2v) is 6.51. The van der Waals surface area contributed by atoms with Gasteiger partial charge in [0.1, 0.15) is 0 Å². The van der Waals surface area contributed by atoms with Gasteiger partial charge >= 0.3 is 47.6 Å². The van der Waals surface area contributed by atoms with Gasteiger partial charge in [0.25, 0.3) is 0 Å². The molecule has 1 aromatic heterocycles. The van der Waals surface area contributed by atoms with Gasteiger partial charge in [-0.25, -0.2) is 0 Å². The van der Waals surface area contributed by atoms with E-state index in [9.17, 15) is 74.6 Å². The van der Waals surface area contributed by atoms with Crippen LogP contribution in [0.3, 0.4) is 0 Å². The number of rotatable bonds is 7. The molecule has 0 aliphatic heterocycles. The number of alkyl halides is 17. The highest BCUT2D eigenvalue weighted by Gasteiger charge is 2.95. The number of halogens is 17. The summed E-state index contributed by atoms with van der Waals surface area (Å²) < 4.78 is 224. The topological polar surface area (TPSA) is 15.8 Å². The third-order valence-electron chi connectivity index (χ3n) is 4.21. The van der Waals surface area contributed by atoms with Crippen molar-refractivity contribution in [1.29, 1.82) is 0 Å². The fourth-order valence-electron chi connectivity index (χ4n) is 2.38. The van der Waals surface area contributed by atoms with Gasteiger partial charge in [-0.1, -0.05) is 0 Å². The van der Waals surface area contributed by atoms with E-state index in [1.165, 1.54) is 0 Å². The van der Waals surface area contributed by atoms with E-state index < -0.39 is 64.6 Å². The zero-order chi connectivity index (χ0) is 26.1. The summed E-state index contributed by atoms with van der Waals surface area (Å²) in [6.07, 6.45) is -7.77. The summed E-state index contributed by atoms with van der Waals surface area (Å²) in [5, 5.41) is 0. The maximum Gasteiger partial charge on any atom is 0.460 e. The number of hydrogen-bond donors (Lipinski definition) is 1. The molecular weight excluding hydrogens is 505 g/mol. The third kappa shape index (κ3) is 3.30. The highest BCUT2D eigenvalue weighted by molar-refractivity contribution is 5.32. The van der Waals surface area contributed by atoms with Crippen LogP contribution in [0.5, 0.6) is 0 Å². The molecule has 0 bridgehead atoms. The number of aryl methyl sites for hydroxylation is 2. The maximum absolute atomic E-state index is 14.0. The van der Waals surface area contributed by atoms with E-state index in [0.717, 1.165) is 6.92 Å². The monoisotopic (exact) mass is 513 g/mol. The molecule has 1 nitrogen and oxygen atoms in total. The van der Waals surface area contributed by atoms with Gasteiger partial charge in [-0.3, -0.25) is 0 Å². The molecule has 0 saturated carbocycles.